The standard InChI is InChI=1S/C24H27NO6/c1-5-31-18-9-6-16(7-10-18)21-20(23(27)24(28)25(21)12-13-29-3)22(26)17-8-11-19(30-4)15(2)14-17/h6-11,14,21,26H,5,12-13H2,1-4H3/b22-20-. The number of ether oxygens (including phenoxy) is 3. The van der Waals surface area contributed by atoms with Crippen LogP contribution in [0.3, 0.4) is 0 Å². The van der Waals surface area contributed by atoms with Crippen LogP contribution in [0.25, 0.3) is 5.76 Å². The van der Waals surface area contributed by atoms with Gasteiger partial charge >= 0.3 is 0 Å². The first-order valence-electron chi connectivity index (χ1n) is 10.1. The van der Waals surface area contributed by atoms with E-state index >= 15 is 0 Å². The van der Waals surface area contributed by atoms with Crippen LogP contribution in [-0.4, -0.2) is 55.7 Å². The van der Waals surface area contributed by atoms with Crippen LogP contribution in [0.2, 0.25) is 0 Å². The fraction of sp³-hybridized carbons (Fsp3) is 0.333. The molecule has 0 aromatic heterocycles. The Balaban J connectivity index is 2.12. The van der Waals surface area contributed by atoms with Crippen molar-refractivity contribution in [2.75, 3.05) is 34.0 Å². The number of nitrogens with zero attached hydrogens (tertiary/aromatic N) is 1. The van der Waals surface area contributed by atoms with Crippen molar-refractivity contribution in [3.63, 3.8) is 0 Å². The van der Waals surface area contributed by atoms with E-state index in [4.69, 9.17) is 14.2 Å². The SMILES string of the molecule is CCOc1ccc(C2/C(=C(/O)c3ccc(OC)c(C)c3)C(=O)C(=O)N2CCOC)cc1. The normalized spacial score (nSPS) is 17.8. The summed E-state index contributed by atoms with van der Waals surface area (Å²) in [5.74, 6) is -0.252. The third-order valence-corrected chi connectivity index (χ3v) is 5.25. The number of Topliss-reactive ketones (excluding diaryl/α,β-unsaturated/α-hetero) is 1. The Labute approximate surface area is 181 Å². The van der Waals surface area contributed by atoms with Gasteiger partial charge in [-0.25, -0.2) is 0 Å². The molecule has 0 saturated carbocycles. The number of rotatable bonds is 8. The highest BCUT2D eigenvalue weighted by Gasteiger charge is 2.45. The predicted molar refractivity (Wildman–Crippen MR) is 116 cm³/mol. The zero-order valence-electron chi connectivity index (χ0n) is 18.2. The summed E-state index contributed by atoms with van der Waals surface area (Å²) in [4.78, 5) is 27.2. The number of aliphatic hydroxyl groups is 1. The van der Waals surface area contributed by atoms with Gasteiger partial charge < -0.3 is 24.2 Å². The molecule has 1 aliphatic heterocycles. The summed E-state index contributed by atoms with van der Waals surface area (Å²) in [6.07, 6.45) is 0. The third-order valence-electron chi connectivity index (χ3n) is 5.25. The molecule has 0 radical (unpaired) electrons. The molecular formula is C24H27NO6. The number of hydrogen-bond acceptors (Lipinski definition) is 6. The van der Waals surface area contributed by atoms with Crippen molar-refractivity contribution in [2.24, 2.45) is 0 Å². The Bertz CT molecular complexity index is 996. The maximum absolute atomic E-state index is 13.0. The maximum Gasteiger partial charge on any atom is 0.295 e. The van der Waals surface area contributed by atoms with Gasteiger partial charge in [0.25, 0.3) is 11.7 Å². The first-order valence-corrected chi connectivity index (χ1v) is 10.1. The number of aryl methyl sites for hydroxylation is 1. The predicted octanol–water partition coefficient (Wildman–Crippen LogP) is 3.47. The Morgan fingerprint density at radius 2 is 1.81 bits per heavy atom. The molecule has 1 unspecified atom stereocenters. The van der Waals surface area contributed by atoms with Crippen molar-refractivity contribution >= 4 is 17.4 Å². The number of ketones is 1. The first kappa shape index (κ1) is 22.4. The van der Waals surface area contributed by atoms with Crippen molar-refractivity contribution in [1.82, 2.24) is 4.90 Å². The number of benzene rings is 2. The molecule has 1 amide bonds. The van der Waals surface area contributed by atoms with E-state index in [1.807, 2.05) is 13.8 Å². The smallest absolute Gasteiger partial charge is 0.295 e. The molecule has 1 atom stereocenters. The average Bonchev–Trinajstić information content (AvgIpc) is 3.02. The number of carbonyl (C=O) groups is 2. The molecule has 31 heavy (non-hydrogen) atoms. The molecule has 1 heterocycles. The average molecular weight is 425 g/mol. The van der Waals surface area contributed by atoms with Crippen LogP contribution in [0.15, 0.2) is 48.0 Å². The van der Waals surface area contributed by atoms with E-state index in [2.05, 4.69) is 0 Å². The van der Waals surface area contributed by atoms with Gasteiger partial charge in [0.15, 0.2) is 0 Å². The van der Waals surface area contributed by atoms with Gasteiger partial charge in [0.1, 0.15) is 17.3 Å². The fourth-order valence-electron chi connectivity index (χ4n) is 3.74. The Hall–Kier alpha value is -3.32. The topological polar surface area (TPSA) is 85.3 Å². The molecule has 1 aliphatic rings. The molecule has 2 aromatic carbocycles. The van der Waals surface area contributed by atoms with Gasteiger partial charge in [0, 0.05) is 19.2 Å². The molecule has 7 nitrogen and oxygen atoms in total. The van der Waals surface area contributed by atoms with E-state index in [9.17, 15) is 14.7 Å². The molecule has 0 aliphatic carbocycles. The van der Waals surface area contributed by atoms with Gasteiger partial charge in [-0.3, -0.25) is 9.59 Å². The summed E-state index contributed by atoms with van der Waals surface area (Å²) in [6.45, 7) is 4.75. The minimum absolute atomic E-state index is 0.0508. The van der Waals surface area contributed by atoms with Gasteiger partial charge in [-0.2, -0.15) is 0 Å². The highest BCUT2D eigenvalue weighted by Crippen LogP contribution is 2.40. The molecule has 2 aromatic rings. The molecule has 3 rings (SSSR count). The fourth-order valence-corrected chi connectivity index (χ4v) is 3.74. The summed E-state index contributed by atoms with van der Waals surface area (Å²) < 4.78 is 15.9. The summed E-state index contributed by atoms with van der Waals surface area (Å²) in [6, 6.07) is 11.6. The first-order chi connectivity index (χ1) is 14.9. The van der Waals surface area contributed by atoms with Crippen molar-refractivity contribution in [3.05, 3.63) is 64.7 Å². The summed E-state index contributed by atoms with van der Waals surface area (Å²) in [5.41, 5.74) is 2.00. The number of likely N-dealkylation sites (tertiary alicyclic amines) is 1. The van der Waals surface area contributed by atoms with Crippen LogP contribution in [0, 0.1) is 6.92 Å². The maximum atomic E-state index is 13.0. The Morgan fingerprint density at radius 3 is 2.39 bits per heavy atom. The number of hydrogen-bond donors (Lipinski definition) is 1. The molecular weight excluding hydrogens is 398 g/mol. The van der Waals surface area contributed by atoms with Crippen molar-refractivity contribution < 1.29 is 28.9 Å². The molecule has 1 N–H and O–H groups in total. The van der Waals surface area contributed by atoms with Gasteiger partial charge in [0.05, 0.1) is 31.9 Å². The number of amides is 1. The van der Waals surface area contributed by atoms with Crippen molar-refractivity contribution in [3.8, 4) is 11.5 Å². The van der Waals surface area contributed by atoms with Crippen molar-refractivity contribution in [2.45, 2.75) is 19.9 Å². The molecule has 7 heteroatoms. The monoisotopic (exact) mass is 425 g/mol. The van der Waals surface area contributed by atoms with Crippen LogP contribution in [0.4, 0.5) is 0 Å². The van der Waals surface area contributed by atoms with E-state index < -0.39 is 17.7 Å². The third kappa shape index (κ3) is 4.41. The highest BCUT2D eigenvalue weighted by molar-refractivity contribution is 6.46. The second-order valence-electron chi connectivity index (χ2n) is 7.17. The minimum atomic E-state index is -0.728. The van der Waals surface area contributed by atoms with Gasteiger partial charge in [-0.05, 0) is 55.3 Å². The van der Waals surface area contributed by atoms with Crippen LogP contribution in [0.5, 0.6) is 11.5 Å². The summed E-state index contributed by atoms with van der Waals surface area (Å²) in [5, 5.41) is 11.1. The summed E-state index contributed by atoms with van der Waals surface area (Å²) >= 11 is 0. The Kier molecular flexibility index (Phi) is 6.97. The van der Waals surface area contributed by atoms with Gasteiger partial charge in [0.2, 0.25) is 0 Å². The second kappa shape index (κ2) is 9.66. The van der Waals surface area contributed by atoms with E-state index in [0.717, 1.165) is 5.56 Å². The molecule has 0 spiro atoms. The quantitative estimate of drug-likeness (QED) is 0.396. The zero-order chi connectivity index (χ0) is 22.5. The lowest BCUT2D eigenvalue weighted by atomic mass is 9.94. The lowest BCUT2D eigenvalue weighted by molar-refractivity contribution is -0.140. The lowest BCUT2D eigenvalue weighted by Crippen LogP contribution is -2.32. The van der Waals surface area contributed by atoms with E-state index in [0.29, 0.717) is 29.2 Å². The van der Waals surface area contributed by atoms with Crippen LogP contribution >= 0.6 is 0 Å². The number of carbonyl (C=O) groups excluding carboxylic acids is 2. The zero-order valence-corrected chi connectivity index (χ0v) is 18.2. The number of methoxy groups -OCH3 is 2. The van der Waals surface area contributed by atoms with Crippen molar-refractivity contribution in [1.29, 1.82) is 0 Å². The number of aliphatic hydroxyl groups excluding tert-OH is 1. The van der Waals surface area contributed by atoms with Gasteiger partial charge in [-0.1, -0.05) is 12.1 Å². The van der Waals surface area contributed by atoms with Crippen LogP contribution in [0.1, 0.15) is 29.7 Å². The van der Waals surface area contributed by atoms with E-state index in [1.165, 1.54) is 12.0 Å². The van der Waals surface area contributed by atoms with E-state index in [1.54, 1.807) is 49.6 Å². The highest BCUT2D eigenvalue weighted by atomic mass is 16.5. The summed E-state index contributed by atoms with van der Waals surface area (Å²) in [7, 11) is 3.09. The lowest BCUT2D eigenvalue weighted by Gasteiger charge is -2.25. The van der Waals surface area contributed by atoms with Crippen LogP contribution < -0.4 is 9.47 Å². The van der Waals surface area contributed by atoms with Gasteiger partial charge in [-0.15, -0.1) is 0 Å². The second-order valence-corrected chi connectivity index (χ2v) is 7.17. The van der Waals surface area contributed by atoms with E-state index in [-0.39, 0.29) is 24.5 Å². The van der Waals surface area contributed by atoms with Crippen LogP contribution in [-0.2, 0) is 14.3 Å². The largest absolute Gasteiger partial charge is 0.507 e. The molecule has 1 saturated heterocycles. The molecule has 0 bridgehead atoms. The molecule has 164 valence electrons. The molecule has 1 fully saturated rings. The Morgan fingerprint density at radius 1 is 1.10 bits per heavy atom. The minimum Gasteiger partial charge on any atom is -0.507 e.